The van der Waals surface area contributed by atoms with Gasteiger partial charge in [0.05, 0.1) is 10.6 Å². The van der Waals surface area contributed by atoms with E-state index in [0.29, 0.717) is 15.8 Å². The molecule has 2 N–H and O–H groups in total. The molecule has 0 atom stereocenters. The lowest BCUT2D eigenvalue weighted by molar-refractivity contribution is -0.115. The monoisotopic (exact) mass is 338 g/mol. The highest BCUT2D eigenvalue weighted by Crippen LogP contribution is 2.30. The van der Waals surface area contributed by atoms with Gasteiger partial charge in [0.25, 0.3) is 5.91 Å². The predicted molar refractivity (Wildman–Crippen MR) is 99.6 cm³/mol. The number of carbonyl (C=O) groups excluding carboxylic acids is 1. The second-order valence-electron chi connectivity index (χ2n) is 5.77. The normalized spacial score (nSPS) is 17.5. The van der Waals surface area contributed by atoms with Crippen molar-refractivity contribution in [2.24, 2.45) is 4.99 Å². The molecule has 1 amide bonds. The topological polar surface area (TPSA) is 61.7 Å². The largest absolute Gasteiger partial charge is 0.507 e. The fourth-order valence-electron chi connectivity index (χ4n) is 2.50. The van der Waals surface area contributed by atoms with Crippen molar-refractivity contribution >= 4 is 34.6 Å². The molecule has 4 nitrogen and oxygen atoms in total. The van der Waals surface area contributed by atoms with Crippen LogP contribution < -0.4 is 5.32 Å². The van der Waals surface area contributed by atoms with Gasteiger partial charge in [-0.3, -0.25) is 4.79 Å². The maximum Gasteiger partial charge on any atom is 0.264 e. The first-order valence-electron chi connectivity index (χ1n) is 7.59. The minimum absolute atomic E-state index is 0.157. The Labute approximate surface area is 145 Å². The van der Waals surface area contributed by atoms with E-state index in [0.717, 1.165) is 27.9 Å². The molecule has 0 aliphatic carbocycles. The quantitative estimate of drug-likeness (QED) is 0.806. The molecule has 0 saturated carbocycles. The van der Waals surface area contributed by atoms with Crippen LogP contribution in [0.5, 0.6) is 5.75 Å². The molecule has 2 aromatic carbocycles. The molecule has 0 spiro atoms. The Kier molecular flexibility index (Phi) is 4.44. The summed E-state index contributed by atoms with van der Waals surface area (Å²) in [6.07, 6.45) is 1.82. The number of carbonyl (C=O) groups is 1. The summed E-state index contributed by atoms with van der Waals surface area (Å²) in [7, 11) is 0. The zero-order chi connectivity index (χ0) is 17.3. The van der Waals surface area contributed by atoms with Crippen molar-refractivity contribution < 1.29 is 9.90 Å². The van der Waals surface area contributed by atoms with E-state index in [1.54, 1.807) is 0 Å². The van der Waals surface area contributed by atoms with Gasteiger partial charge < -0.3 is 10.4 Å². The highest BCUT2D eigenvalue weighted by Gasteiger charge is 2.24. The van der Waals surface area contributed by atoms with Crippen molar-refractivity contribution in [1.82, 2.24) is 5.32 Å². The number of aliphatic imine (C=N–C) groups is 1. The van der Waals surface area contributed by atoms with Crippen LogP contribution in [0.15, 0.2) is 46.3 Å². The summed E-state index contributed by atoms with van der Waals surface area (Å²) in [4.78, 5) is 17.3. The second-order valence-corrected chi connectivity index (χ2v) is 6.80. The van der Waals surface area contributed by atoms with E-state index in [2.05, 4.69) is 10.3 Å². The third kappa shape index (κ3) is 3.36. The zero-order valence-electron chi connectivity index (χ0n) is 13.8. The first kappa shape index (κ1) is 16.3. The molecule has 0 aromatic heterocycles. The highest BCUT2D eigenvalue weighted by atomic mass is 32.2. The van der Waals surface area contributed by atoms with E-state index < -0.39 is 0 Å². The van der Waals surface area contributed by atoms with Crippen LogP contribution in [0, 0.1) is 20.8 Å². The van der Waals surface area contributed by atoms with Crippen LogP contribution in [0.3, 0.4) is 0 Å². The van der Waals surface area contributed by atoms with Gasteiger partial charge in [0, 0.05) is 0 Å². The van der Waals surface area contributed by atoms with Crippen LogP contribution in [-0.2, 0) is 4.79 Å². The van der Waals surface area contributed by atoms with E-state index in [4.69, 9.17) is 0 Å². The predicted octanol–water partition coefficient (Wildman–Crippen LogP) is 4.21. The summed E-state index contributed by atoms with van der Waals surface area (Å²) in [5.41, 5.74) is 4.37. The average molecular weight is 338 g/mol. The molecule has 0 bridgehead atoms. The van der Waals surface area contributed by atoms with Gasteiger partial charge in [-0.15, -0.1) is 0 Å². The van der Waals surface area contributed by atoms with Gasteiger partial charge in [0.2, 0.25) is 0 Å². The number of phenols is 1. The highest BCUT2D eigenvalue weighted by molar-refractivity contribution is 8.18. The van der Waals surface area contributed by atoms with Crippen LogP contribution in [0.1, 0.15) is 22.3 Å². The van der Waals surface area contributed by atoms with Crippen molar-refractivity contribution in [1.29, 1.82) is 0 Å². The number of nitrogens with one attached hydrogen (secondary N) is 1. The van der Waals surface area contributed by atoms with Gasteiger partial charge in [0.1, 0.15) is 5.75 Å². The van der Waals surface area contributed by atoms with Crippen molar-refractivity contribution in [3.8, 4) is 5.75 Å². The van der Waals surface area contributed by atoms with Gasteiger partial charge in [-0.05, 0) is 79.1 Å². The van der Waals surface area contributed by atoms with Gasteiger partial charge in [0.15, 0.2) is 5.17 Å². The molecule has 1 aliphatic rings. The van der Waals surface area contributed by atoms with E-state index in [1.807, 2.05) is 63.2 Å². The Bertz CT molecular complexity index is 862. The number of para-hydroxylation sites is 1. The molecule has 1 fully saturated rings. The Balaban J connectivity index is 1.89. The first-order chi connectivity index (χ1) is 11.4. The number of phenolic OH excluding ortho intramolecular Hbond substituents is 1. The number of aryl methyl sites for hydroxylation is 3. The molecule has 0 unspecified atom stereocenters. The number of amides is 1. The minimum atomic E-state index is -0.157. The standard InChI is InChI=1S/C19H18N2O2S/c1-11-6-4-5-7-15(11)20-19-21-18(23)16(24-19)10-14-8-12(2)17(22)13(3)9-14/h4-10,22H,1-3H3,(H,20,21,23)/b16-10+. The number of aromatic hydroxyl groups is 1. The Morgan fingerprint density at radius 1 is 1.08 bits per heavy atom. The Morgan fingerprint density at radius 2 is 1.75 bits per heavy atom. The molecule has 5 heteroatoms. The lowest BCUT2D eigenvalue weighted by Crippen LogP contribution is -2.19. The Morgan fingerprint density at radius 3 is 2.42 bits per heavy atom. The number of amidine groups is 1. The maximum atomic E-state index is 12.2. The fourth-order valence-corrected chi connectivity index (χ4v) is 3.34. The number of nitrogens with zero attached hydrogens (tertiary/aromatic N) is 1. The van der Waals surface area contributed by atoms with Crippen molar-refractivity contribution in [2.45, 2.75) is 20.8 Å². The second kappa shape index (κ2) is 6.53. The lowest BCUT2D eigenvalue weighted by Gasteiger charge is -2.05. The fraction of sp³-hybridized carbons (Fsp3) is 0.158. The molecule has 122 valence electrons. The third-order valence-corrected chi connectivity index (χ3v) is 4.71. The van der Waals surface area contributed by atoms with Crippen LogP contribution >= 0.6 is 11.8 Å². The average Bonchev–Trinajstić information content (AvgIpc) is 2.87. The number of hydrogen-bond donors (Lipinski definition) is 2. The van der Waals surface area contributed by atoms with Gasteiger partial charge in [-0.1, -0.05) is 18.2 Å². The molecule has 1 saturated heterocycles. The van der Waals surface area contributed by atoms with Crippen molar-refractivity contribution in [3.63, 3.8) is 0 Å². The molecular formula is C19H18N2O2S. The summed E-state index contributed by atoms with van der Waals surface area (Å²) in [5.74, 6) is 0.137. The smallest absolute Gasteiger partial charge is 0.264 e. The molecular weight excluding hydrogens is 320 g/mol. The maximum absolute atomic E-state index is 12.2. The number of hydrogen-bond acceptors (Lipinski definition) is 4. The van der Waals surface area contributed by atoms with Crippen LogP contribution in [0.2, 0.25) is 0 Å². The first-order valence-corrected chi connectivity index (χ1v) is 8.41. The molecule has 1 aliphatic heterocycles. The summed E-state index contributed by atoms with van der Waals surface area (Å²) in [6, 6.07) is 11.5. The van der Waals surface area contributed by atoms with E-state index in [1.165, 1.54) is 11.8 Å². The SMILES string of the molecule is Cc1ccccc1N=C1NC(=O)/C(=C\c2cc(C)c(O)c(C)c2)S1. The van der Waals surface area contributed by atoms with Gasteiger partial charge in [-0.2, -0.15) is 0 Å². The number of benzene rings is 2. The molecule has 1 heterocycles. The Hall–Kier alpha value is -2.53. The summed E-state index contributed by atoms with van der Waals surface area (Å²) in [6.45, 7) is 5.67. The van der Waals surface area contributed by atoms with E-state index >= 15 is 0 Å². The third-order valence-electron chi connectivity index (χ3n) is 3.80. The van der Waals surface area contributed by atoms with Gasteiger partial charge in [-0.25, -0.2) is 4.99 Å². The molecule has 3 rings (SSSR count). The van der Waals surface area contributed by atoms with Crippen molar-refractivity contribution in [3.05, 3.63) is 63.6 Å². The minimum Gasteiger partial charge on any atom is -0.507 e. The zero-order valence-corrected chi connectivity index (χ0v) is 14.6. The molecule has 24 heavy (non-hydrogen) atoms. The summed E-state index contributed by atoms with van der Waals surface area (Å²) >= 11 is 1.32. The lowest BCUT2D eigenvalue weighted by atomic mass is 10.1. The van der Waals surface area contributed by atoms with E-state index in [9.17, 15) is 9.90 Å². The summed E-state index contributed by atoms with van der Waals surface area (Å²) in [5, 5.41) is 13.2. The number of rotatable bonds is 2. The van der Waals surface area contributed by atoms with Crippen molar-refractivity contribution in [2.75, 3.05) is 0 Å². The summed E-state index contributed by atoms with van der Waals surface area (Å²) < 4.78 is 0. The number of thioether (sulfide) groups is 1. The molecule has 2 aromatic rings. The van der Waals surface area contributed by atoms with Crippen LogP contribution in [0.25, 0.3) is 6.08 Å². The van der Waals surface area contributed by atoms with E-state index in [-0.39, 0.29) is 5.91 Å². The molecule has 0 radical (unpaired) electrons. The van der Waals surface area contributed by atoms with Crippen LogP contribution in [-0.4, -0.2) is 16.2 Å². The van der Waals surface area contributed by atoms with Gasteiger partial charge >= 0.3 is 0 Å². The van der Waals surface area contributed by atoms with Crippen LogP contribution in [0.4, 0.5) is 5.69 Å².